The van der Waals surface area contributed by atoms with Crippen molar-refractivity contribution in [1.82, 2.24) is 5.32 Å². The highest BCUT2D eigenvalue weighted by atomic mass is 79.9. The number of nitrogens with one attached hydrogen (secondary N) is 1. The molecule has 7 nitrogen and oxygen atoms in total. The Balaban J connectivity index is 1.29. The zero-order chi connectivity index (χ0) is 28.9. The highest BCUT2D eigenvalue weighted by molar-refractivity contribution is 9.10. The number of rotatable bonds is 8. The molecule has 206 valence electrons. The van der Waals surface area contributed by atoms with Gasteiger partial charge in [0.05, 0.1) is 10.2 Å². The van der Waals surface area contributed by atoms with E-state index in [0.29, 0.717) is 33.2 Å². The number of amides is 4. The molecule has 0 aromatic heterocycles. The van der Waals surface area contributed by atoms with Gasteiger partial charge in [-0.25, -0.2) is 9.69 Å². The summed E-state index contributed by atoms with van der Waals surface area (Å²) in [5, 5.41) is 2.83. The SMILES string of the molecule is O=C1NC(=O)N(c2ccc(OCc3ccccc3Cl)cc2)C(=O)/C1=C/c1ccc(OCc2ccc(Br)cc2)c(Br)c1. The van der Waals surface area contributed by atoms with E-state index in [9.17, 15) is 14.4 Å². The molecule has 0 aliphatic carbocycles. The molecule has 0 spiro atoms. The first kappa shape index (κ1) is 28.6. The number of benzene rings is 4. The summed E-state index contributed by atoms with van der Waals surface area (Å²) in [6, 6.07) is 25.9. The number of nitrogens with zero attached hydrogens (tertiary/aromatic N) is 1. The lowest BCUT2D eigenvalue weighted by atomic mass is 10.1. The molecule has 0 unspecified atom stereocenters. The molecule has 1 N–H and O–H groups in total. The highest BCUT2D eigenvalue weighted by Gasteiger charge is 2.36. The van der Waals surface area contributed by atoms with Crippen LogP contribution in [0.3, 0.4) is 0 Å². The maximum atomic E-state index is 13.3. The van der Waals surface area contributed by atoms with Crippen molar-refractivity contribution in [3.05, 3.63) is 127 Å². The average molecular weight is 697 g/mol. The standard InChI is InChI=1S/C31H21Br2ClN2O5/c32-22-8-5-19(6-9-22)17-41-28-14-7-20(16-26(28)33)15-25-29(37)35-31(39)36(30(25)38)23-10-12-24(13-11-23)40-18-21-3-1-2-4-27(21)34/h1-16H,17-18H2,(H,35,37,39)/b25-15+. The fourth-order valence-corrected chi connectivity index (χ4v) is 4.96. The van der Waals surface area contributed by atoms with E-state index in [2.05, 4.69) is 37.2 Å². The van der Waals surface area contributed by atoms with Gasteiger partial charge in [-0.2, -0.15) is 0 Å². The minimum Gasteiger partial charge on any atom is -0.489 e. The molecule has 1 aliphatic rings. The molecule has 0 bridgehead atoms. The van der Waals surface area contributed by atoms with Crippen molar-refractivity contribution in [2.24, 2.45) is 0 Å². The van der Waals surface area contributed by atoms with E-state index in [0.717, 1.165) is 20.5 Å². The first-order valence-electron chi connectivity index (χ1n) is 12.3. The number of carbonyl (C=O) groups is 3. The maximum absolute atomic E-state index is 13.3. The summed E-state index contributed by atoms with van der Waals surface area (Å²) in [5.74, 6) is -0.390. The summed E-state index contributed by atoms with van der Waals surface area (Å²) in [7, 11) is 0. The van der Waals surface area contributed by atoms with Gasteiger partial charge in [-0.1, -0.05) is 63.9 Å². The second kappa shape index (κ2) is 12.7. The van der Waals surface area contributed by atoms with E-state index in [-0.39, 0.29) is 17.9 Å². The normalized spacial score (nSPS) is 14.3. The number of ether oxygens (including phenoxy) is 2. The number of anilines is 1. The summed E-state index contributed by atoms with van der Waals surface area (Å²) in [6.07, 6.45) is 1.43. The van der Waals surface area contributed by atoms with E-state index in [1.807, 2.05) is 42.5 Å². The van der Waals surface area contributed by atoms with Crippen LogP contribution in [0, 0.1) is 0 Å². The number of carbonyl (C=O) groups excluding carboxylic acids is 3. The third-order valence-electron chi connectivity index (χ3n) is 6.12. The quantitative estimate of drug-likeness (QED) is 0.151. The van der Waals surface area contributed by atoms with Gasteiger partial charge in [0.1, 0.15) is 30.3 Å². The van der Waals surface area contributed by atoms with Crippen LogP contribution in [0.15, 0.2) is 106 Å². The van der Waals surface area contributed by atoms with Gasteiger partial charge < -0.3 is 9.47 Å². The highest BCUT2D eigenvalue weighted by Crippen LogP contribution is 2.30. The smallest absolute Gasteiger partial charge is 0.335 e. The Labute approximate surface area is 258 Å². The van der Waals surface area contributed by atoms with Crippen LogP contribution in [0.2, 0.25) is 5.02 Å². The number of imide groups is 2. The first-order valence-corrected chi connectivity index (χ1v) is 14.3. The molecule has 1 aliphatic heterocycles. The average Bonchev–Trinajstić information content (AvgIpc) is 2.96. The van der Waals surface area contributed by atoms with E-state index >= 15 is 0 Å². The summed E-state index contributed by atoms with van der Waals surface area (Å²) >= 11 is 13.1. The van der Waals surface area contributed by atoms with E-state index in [1.54, 1.807) is 48.5 Å². The van der Waals surface area contributed by atoms with Crippen LogP contribution in [0.5, 0.6) is 11.5 Å². The number of hydrogen-bond donors (Lipinski definition) is 1. The number of halogens is 3. The molecule has 1 saturated heterocycles. The molecule has 4 aromatic rings. The third-order valence-corrected chi connectivity index (χ3v) is 7.64. The predicted molar refractivity (Wildman–Crippen MR) is 164 cm³/mol. The fourth-order valence-electron chi connectivity index (χ4n) is 3.99. The second-order valence-corrected chi connectivity index (χ2v) is 11.1. The van der Waals surface area contributed by atoms with Crippen LogP contribution in [0.1, 0.15) is 16.7 Å². The number of barbiturate groups is 1. The third kappa shape index (κ3) is 6.87. The Morgan fingerprint density at radius 2 is 1.56 bits per heavy atom. The van der Waals surface area contributed by atoms with Gasteiger partial charge in [-0.15, -0.1) is 0 Å². The minimum atomic E-state index is -0.834. The van der Waals surface area contributed by atoms with E-state index in [4.69, 9.17) is 21.1 Å². The molecular weight excluding hydrogens is 676 g/mol. The Kier molecular flexibility index (Phi) is 8.87. The van der Waals surface area contributed by atoms with Crippen molar-refractivity contribution in [3.63, 3.8) is 0 Å². The number of hydrogen-bond acceptors (Lipinski definition) is 5. The predicted octanol–water partition coefficient (Wildman–Crippen LogP) is 7.69. The molecule has 0 radical (unpaired) electrons. The minimum absolute atomic E-state index is 0.181. The first-order chi connectivity index (χ1) is 19.8. The molecule has 0 atom stereocenters. The molecule has 10 heteroatoms. The molecule has 4 aromatic carbocycles. The largest absolute Gasteiger partial charge is 0.489 e. The van der Waals surface area contributed by atoms with Crippen LogP contribution >= 0.6 is 43.5 Å². The molecule has 4 amide bonds. The molecule has 5 rings (SSSR count). The van der Waals surface area contributed by atoms with Crippen LogP contribution in [-0.4, -0.2) is 17.8 Å². The van der Waals surface area contributed by atoms with Crippen molar-refractivity contribution >= 4 is 73.1 Å². The van der Waals surface area contributed by atoms with Crippen molar-refractivity contribution < 1.29 is 23.9 Å². The summed E-state index contributed by atoms with van der Waals surface area (Å²) < 4.78 is 13.3. The Hall–Kier alpha value is -3.92. The Morgan fingerprint density at radius 1 is 0.829 bits per heavy atom. The van der Waals surface area contributed by atoms with Gasteiger partial charge in [-0.05, 0) is 87.7 Å². The van der Waals surface area contributed by atoms with Crippen molar-refractivity contribution in [2.75, 3.05) is 4.90 Å². The molecule has 41 heavy (non-hydrogen) atoms. The zero-order valence-corrected chi connectivity index (χ0v) is 25.2. The summed E-state index contributed by atoms with van der Waals surface area (Å²) in [4.78, 5) is 39.5. The lowest BCUT2D eigenvalue weighted by molar-refractivity contribution is -0.122. The van der Waals surface area contributed by atoms with Gasteiger partial charge in [-0.3, -0.25) is 14.9 Å². The van der Waals surface area contributed by atoms with Gasteiger partial charge in [0, 0.05) is 15.1 Å². The fraction of sp³-hybridized carbons (Fsp3) is 0.0645. The number of urea groups is 1. The molecule has 0 saturated carbocycles. The van der Waals surface area contributed by atoms with E-state index in [1.165, 1.54) is 6.08 Å². The van der Waals surface area contributed by atoms with Gasteiger partial charge in [0.15, 0.2) is 0 Å². The zero-order valence-electron chi connectivity index (χ0n) is 21.3. The van der Waals surface area contributed by atoms with E-state index < -0.39 is 17.8 Å². The van der Waals surface area contributed by atoms with Gasteiger partial charge in [0.25, 0.3) is 11.8 Å². The lowest BCUT2D eigenvalue weighted by Crippen LogP contribution is -2.54. The van der Waals surface area contributed by atoms with Gasteiger partial charge >= 0.3 is 6.03 Å². The van der Waals surface area contributed by atoms with Crippen molar-refractivity contribution in [2.45, 2.75) is 13.2 Å². The second-order valence-electron chi connectivity index (χ2n) is 8.94. The van der Waals surface area contributed by atoms with Crippen molar-refractivity contribution in [1.29, 1.82) is 0 Å². The Bertz CT molecular complexity index is 1660. The molecular formula is C31H21Br2ClN2O5. The summed E-state index contributed by atoms with van der Waals surface area (Å²) in [5.41, 5.74) is 2.51. The maximum Gasteiger partial charge on any atom is 0.335 e. The van der Waals surface area contributed by atoms with Crippen molar-refractivity contribution in [3.8, 4) is 11.5 Å². The van der Waals surface area contributed by atoms with Crippen LogP contribution in [0.4, 0.5) is 10.5 Å². The summed E-state index contributed by atoms with van der Waals surface area (Å²) in [6.45, 7) is 0.626. The Morgan fingerprint density at radius 3 is 2.27 bits per heavy atom. The van der Waals surface area contributed by atoms with Gasteiger partial charge in [0.2, 0.25) is 0 Å². The molecule has 1 heterocycles. The van der Waals surface area contributed by atoms with Crippen LogP contribution in [0.25, 0.3) is 6.08 Å². The molecule has 1 fully saturated rings. The lowest BCUT2D eigenvalue weighted by Gasteiger charge is -2.26. The topological polar surface area (TPSA) is 84.9 Å². The monoisotopic (exact) mass is 694 g/mol. The van der Waals surface area contributed by atoms with Crippen LogP contribution < -0.4 is 19.7 Å². The van der Waals surface area contributed by atoms with Crippen LogP contribution in [-0.2, 0) is 22.8 Å².